The lowest BCUT2D eigenvalue weighted by molar-refractivity contribution is -0.156. The van der Waals surface area contributed by atoms with E-state index in [4.69, 9.17) is 9.84 Å². The Kier molecular flexibility index (Phi) is 20.0. The number of hydrogen-bond acceptors (Lipinski definition) is 9. The fourth-order valence-electron chi connectivity index (χ4n) is 3.58. The minimum Gasteiger partial charge on any atom is -0.463 e. The maximum absolute atomic E-state index is 11.7. The first kappa shape index (κ1) is 32.2. The molecule has 9 heteroatoms. The highest BCUT2D eigenvalue weighted by Crippen LogP contribution is 2.15. The van der Waals surface area contributed by atoms with Gasteiger partial charge in [0, 0.05) is 6.42 Å². The zero-order valence-electron chi connectivity index (χ0n) is 20.2. The second-order valence-corrected chi connectivity index (χ2v) is 8.98. The predicted octanol–water partition coefficient (Wildman–Crippen LogP) is 1.17. The van der Waals surface area contributed by atoms with E-state index in [-0.39, 0.29) is 6.42 Å². The van der Waals surface area contributed by atoms with Gasteiger partial charge in [-0.15, -0.1) is 0 Å². The smallest absolute Gasteiger partial charge is 0.305 e. The molecule has 0 saturated carbocycles. The molecule has 6 atom stereocenters. The molecular formula is C24H48O9. The van der Waals surface area contributed by atoms with Crippen LogP contribution in [0.4, 0.5) is 0 Å². The van der Waals surface area contributed by atoms with Gasteiger partial charge in [0.25, 0.3) is 0 Å². The molecule has 0 saturated heterocycles. The lowest BCUT2D eigenvalue weighted by Crippen LogP contribution is -2.47. The van der Waals surface area contributed by atoms with Gasteiger partial charge in [0.15, 0.2) is 0 Å². The van der Waals surface area contributed by atoms with Crippen molar-refractivity contribution in [2.45, 2.75) is 133 Å². The van der Waals surface area contributed by atoms with E-state index in [1.54, 1.807) is 0 Å². The largest absolute Gasteiger partial charge is 0.463 e. The van der Waals surface area contributed by atoms with Crippen LogP contribution in [0.2, 0.25) is 0 Å². The van der Waals surface area contributed by atoms with Crippen LogP contribution < -0.4 is 0 Å². The summed E-state index contributed by atoms with van der Waals surface area (Å²) in [6.07, 6.45) is 4.27. The van der Waals surface area contributed by atoms with Gasteiger partial charge in [0.05, 0.1) is 18.8 Å². The minimum absolute atomic E-state index is 0.157. The molecule has 0 radical (unpaired) electrons. The number of carbonyl (C=O) groups excluding carboxylic acids is 1. The predicted molar refractivity (Wildman–Crippen MR) is 124 cm³/mol. The molecule has 0 aliphatic heterocycles. The van der Waals surface area contributed by atoms with Crippen molar-refractivity contribution in [3.05, 3.63) is 0 Å². The number of aliphatic hydroxyl groups is 7. The second-order valence-electron chi connectivity index (χ2n) is 8.98. The number of hydrogen-bond donors (Lipinski definition) is 7. The van der Waals surface area contributed by atoms with Crippen molar-refractivity contribution in [1.29, 1.82) is 0 Å². The summed E-state index contributed by atoms with van der Waals surface area (Å²) in [5, 5.41) is 67.0. The molecule has 0 aliphatic rings. The number of esters is 1. The van der Waals surface area contributed by atoms with Crippen LogP contribution in [0.1, 0.15) is 96.8 Å². The summed E-state index contributed by atoms with van der Waals surface area (Å²) < 4.78 is 4.87. The Hall–Kier alpha value is -0.810. The van der Waals surface area contributed by atoms with E-state index in [0.717, 1.165) is 38.5 Å². The molecular weight excluding hydrogens is 432 g/mol. The van der Waals surface area contributed by atoms with Crippen LogP contribution >= 0.6 is 0 Å². The van der Waals surface area contributed by atoms with Gasteiger partial charge in [-0.25, -0.2) is 0 Å². The van der Waals surface area contributed by atoms with Crippen molar-refractivity contribution in [2.75, 3.05) is 13.2 Å². The van der Waals surface area contributed by atoms with Crippen molar-refractivity contribution < 1.29 is 45.3 Å². The van der Waals surface area contributed by atoms with E-state index in [2.05, 4.69) is 6.92 Å². The van der Waals surface area contributed by atoms with Crippen molar-refractivity contribution in [2.24, 2.45) is 0 Å². The molecule has 0 spiro atoms. The maximum Gasteiger partial charge on any atom is 0.305 e. The van der Waals surface area contributed by atoms with Crippen molar-refractivity contribution in [1.82, 2.24) is 0 Å². The minimum atomic E-state index is -1.75. The summed E-state index contributed by atoms with van der Waals surface area (Å²) in [4.78, 5) is 11.7. The van der Waals surface area contributed by atoms with Crippen LogP contribution in [0, 0.1) is 0 Å². The average Bonchev–Trinajstić information content (AvgIpc) is 2.81. The third-order valence-corrected chi connectivity index (χ3v) is 5.92. The van der Waals surface area contributed by atoms with Crippen molar-refractivity contribution in [3.8, 4) is 0 Å². The summed E-state index contributed by atoms with van der Waals surface area (Å²) >= 11 is 0. The fraction of sp³-hybridized carbons (Fsp3) is 0.958. The van der Waals surface area contributed by atoms with Gasteiger partial charge in [0.2, 0.25) is 0 Å². The van der Waals surface area contributed by atoms with Crippen molar-refractivity contribution >= 4 is 5.97 Å². The van der Waals surface area contributed by atoms with Crippen LogP contribution in [0.15, 0.2) is 0 Å². The molecule has 0 fully saturated rings. The number of ether oxygens (including phenoxy) is 1. The van der Waals surface area contributed by atoms with Gasteiger partial charge in [-0.05, 0) is 19.3 Å². The molecule has 7 N–H and O–H groups in total. The number of unbranched alkanes of at least 4 members (excludes halogenated alkanes) is 9. The molecule has 0 aromatic heterocycles. The molecule has 0 amide bonds. The first-order valence-corrected chi connectivity index (χ1v) is 12.6. The monoisotopic (exact) mass is 480 g/mol. The van der Waals surface area contributed by atoms with E-state index >= 15 is 0 Å². The lowest BCUT2D eigenvalue weighted by atomic mass is 9.99. The summed E-state index contributed by atoms with van der Waals surface area (Å²) in [5.74, 6) is -0.535. The molecule has 0 aromatic carbocycles. The zero-order chi connectivity index (χ0) is 25.1. The molecule has 0 aliphatic carbocycles. The molecule has 2 unspecified atom stereocenters. The van der Waals surface area contributed by atoms with E-state index in [0.29, 0.717) is 19.3 Å². The Morgan fingerprint density at radius 2 is 1.09 bits per heavy atom. The van der Waals surface area contributed by atoms with Crippen LogP contribution in [-0.2, 0) is 9.53 Å². The van der Waals surface area contributed by atoms with E-state index in [1.807, 2.05) is 0 Å². The Balaban J connectivity index is 3.70. The molecule has 9 nitrogen and oxygen atoms in total. The molecule has 0 aromatic rings. The maximum atomic E-state index is 11.7. The van der Waals surface area contributed by atoms with Gasteiger partial charge in [0.1, 0.15) is 31.0 Å². The first-order valence-electron chi connectivity index (χ1n) is 12.6. The van der Waals surface area contributed by atoms with E-state index in [1.165, 1.54) is 25.7 Å². The topological polar surface area (TPSA) is 168 Å². The van der Waals surface area contributed by atoms with Crippen LogP contribution in [0.5, 0.6) is 0 Å². The molecule has 0 bridgehead atoms. The van der Waals surface area contributed by atoms with Gasteiger partial charge < -0.3 is 40.5 Å². The number of carbonyl (C=O) groups is 1. The summed E-state index contributed by atoms with van der Waals surface area (Å²) in [6.45, 7) is 0.886. The Morgan fingerprint density at radius 1 is 0.636 bits per heavy atom. The lowest BCUT2D eigenvalue weighted by Gasteiger charge is -2.25. The van der Waals surface area contributed by atoms with Crippen LogP contribution in [-0.4, -0.2) is 91.6 Å². The quantitative estimate of drug-likeness (QED) is 0.0888. The Labute approximate surface area is 198 Å². The third kappa shape index (κ3) is 16.5. The molecule has 33 heavy (non-hydrogen) atoms. The molecule has 198 valence electrons. The third-order valence-electron chi connectivity index (χ3n) is 5.92. The van der Waals surface area contributed by atoms with Crippen LogP contribution in [0.3, 0.4) is 0 Å². The zero-order valence-corrected chi connectivity index (χ0v) is 20.2. The number of rotatable bonds is 22. The van der Waals surface area contributed by atoms with Gasteiger partial charge in [-0.3, -0.25) is 4.79 Å². The molecule has 0 rings (SSSR count). The molecule has 0 heterocycles. The number of aliphatic hydroxyl groups excluding tert-OH is 7. The summed E-state index contributed by atoms with van der Waals surface area (Å²) in [5.41, 5.74) is 0. The highest BCUT2D eigenvalue weighted by molar-refractivity contribution is 5.69. The normalized spacial score (nSPS) is 17.2. The van der Waals surface area contributed by atoms with Gasteiger partial charge in [-0.2, -0.15) is 0 Å². The van der Waals surface area contributed by atoms with Gasteiger partial charge in [-0.1, -0.05) is 71.1 Å². The van der Waals surface area contributed by atoms with Crippen LogP contribution in [0.25, 0.3) is 0 Å². The fourth-order valence-corrected chi connectivity index (χ4v) is 3.58. The van der Waals surface area contributed by atoms with E-state index in [9.17, 15) is 35.4 Å². The standard InChI is InChI=1S/C24H48O9/c1-2-3-4-5-7-10-13-18(26)19(27)14-11-8-6-9-12-15-22(30)33-17-21(29)24(32)23(31)20(28)16-25/h18-21,23-29,31-32H,2-17H2,1H3/t18?,19?,20-,21+,23+,24+/m0/s1. The summed E-state index contributed by atoms with van der Waals surface area (Å²) in [6, 6.07) is 0. The highest BCUT2D eigenvalue weighted by Gasteiger charge is 2.30. The SMILES string of the molecule is CCCCCCCCC(O)C(O)CCCCCCCC(=O)OC[C@@H](O)[C@@H](O)[C@H](O)[C@@H](O)CO. The van der Waals surface area contributed by atoms with Crippen molar-refractivity contribution in [3.63, 3.8) is 0 Å². The Morgan fingerprint density at radius 3 is 1.61 bits per heavy atom. The first-order chi connectivity index (χ1) is 15.7. The second kappa shape index (κ2) is 20.6. The highest BCUT2D eigenvalue weighted by atomic mass is 16.5. The average molecular weight is 481 g/mol. The van der Waals surface area contributed by atoms with Gasteiger partial charge >= 0.3 is 5.97 Å². The Bertz CT molecular complexity index is 463. The van der Waals surface area contributed by atoms with E-state index < -0.39 is 55.8 Å². The summed E-state index contributed by atoms with van der Waals surface area (Å²) in [7, 11) is 0.